The van der Waals surface area contributed by atoms with Gasteiger partial charge in [-0.1, -0.05) is 32.0 Å². The summed E-state index contributed by atoms with van der Waals surface area (Å²) in [6.07, 6.45) is 0. The van der Waals surface area contributed by atoms with Gasteiger partial charge in [-0.15, -0.1) is 0 Å². The fourth-order valence-electron chi connectivity index (χ4n) is 1.83. The van der Waals surface area contributed by atoms with Crippen molar-refractivity contribution < 1.29 is 9.53 Å². The molecule has 0 saturated heterocycles. The van der Waals surface area contributed by atoms with Crippen LogP contribution in [-0.2, 0) is 4.74 Å². The van der Waals surface area contributed by atoms with Crippen LogP contribution in [0.1, 0.15) is 24.2 Å². The van der Waals surface area contributed by atoms with Crippen molar-refractivity contribution in [3.05, 3.63) is 60.2 Å². The SMILES string of the molecule is CC(C)COC(=O)c1ccc(NC(=S)Nc2ccccc2)cc1. The number of anilines is 2. The number of carbonyl (C=O) groups excluding carboxylic acids is 1. The van der Waals surface area contributed by atoms with Gasteiger partial charge in [0.15, 0.2) is 5.11 Å². The highest BCUT2D eigenvalue weighted by Gasteiger charge is 2.08. The molecule has 0 aromatic heterocycles. The van der Waals surface area contributed by atoms with Gasteiger partial charge in [0.05, 0.1) is 12.2 Å². The molecule has 0 saturated carbocycles. The van der Waals surface area contributed by atoms with Gasteiger partial charge in [-0.3, -0.25) is 0 Å². The predicted molar refractivity (Wildman–Crippen MR) is 97.8 cm³/mol. The number of esters is 1. The molecule has 0 heterocycles. The van der Waals surface area contributed by atoms with Crippen LogP contribution in [0.2, 0.25) is 0 Å². The Hall–Kier alpha value is -2.40. The average molecular weight is 328 g/mol. The van der Waals surface area contributed by atoms with E-state index in [1.54, 1.807) is 24.3 Å². The molecule has 2 rings (SSSR count). The third-order valence-electron chi connectivity index (χ3n) is 2.96. The number of benzene rings is 2. The smallest absolute Gasteiger partial charge is 0.338 e. The predicted octanol–water partition coefficient (Wildman–Crippen LogP) is 4.31. The molecule has 23 heavy (non-hydrogen) atoms. The number of thiocarbonyl (C=S) groups is 1. The Morgan fingerprint density at radius 3 is 2.13 bits per heavy atom. The van der Waals surface area contributed by atoms with Gasteiger partial charge in [-0.25, -0.2) is 4.79 Å². The molecule has 2 aromatic carbocycles. The third-order valence-corrected chi connectivity index (χ3v) is 3.16. The second-order valence-electron chi connectivity index (χ2n) is 5.51. The van der Waals surface area contributed by atoms with E-state index in [1.165, 1.54) is 0 Å². The van der Waals surface area contributed by atoms with Gasteiger partial charge in [0.2, 0.25) is 0 Å². The molecule has 0 radical (unpaired) electrons. The van der Waals surface area contributed by atoms with Crippen LogP contribution in [0.5, 0.6) is 0 Å². The monoisotopic (exact) mass is 328 g/mol. The fraction of sp³-hybridized carbons (Fsp3) is 0.222. The maximum absolute atomic E-state index is 11.8. The molecule has 0 aliphatic rings. The van der Waals surface area contributed by atoms with E-state index in [0.717, 1.165) is 11.4 Å². The van der Waals surface area contributed by atoms with E-state index in [0.29, 0.717) is 23.2 Å². The number of rotatable bonds is 5. The number of para-hydroxylation sites is 1. The maximum atomic E-state index is 11.8. The molecular formula is C18H20N2O2S. The van der Waals surface area contributed by atoms with E-state index in [2.05, 4.69) is 10.6 Å². The van der Waals surface area contributed by atoms with Crippen molar-refractivity contribution in [2.45, 2.75) is 13.8 Å². The molecule has 0 amide bonds. The number of hydrogen-bond donors (Lipinski definition) is 2. The molecule has 0 atom stereocenters. The van der Waals surface area contributed by atoms with Crippen LogP contribution >= 0.6 is 12.2 Å². The molecule has 0 aliphatic heterocycles. The van der Waals surface area contributed by atoms with Crippen LogP contribution in [0, 0.1) is 5.92 Å². The first-order valence-corrected chi connectivity index (χ1v) is 7.85. The molecule has 0 fully saturated rings. The van der Waals surface area contributed by atoms with Gasteiger partial charge < -0.3 is 15.4 Å². The largest absolute Gasteiger partial charge is 0.462 e. The highest BCUT2D eigenvalue weighted by molar-refractivity contribution is 7.80. The van der Waals surface area contributed by atoms with Crippen LogP contribution in [0.25, 0.3) is 0 Å². The van der Waals surface area contributed by atoms with Crippen molar-refractivity contribution in [2.75, 3.05) is 17.2 Å². The highest BCUT2D eigenvalue weighted by Crippen LogP contribution is 2.12. The molecule has 5 heteroatoms. The van der Waals surface area contributed by atoms with Crippen LogP contribution < -0.4 is 10.6 Å². The van der Waals surface area contributed by atoms with Gasteiger partial charge in [0.1, 0.15) is 0 Å². The van der Waals surface area contributed by atoms with Crippen molar-refractivity contribution in [1.82, 2.24) is 0 Å². The van der Waals surface area contributed by atoms with E-state index in [9.17, 15) is 4.79 Å². The molecule has 2 aromatic rings. The molecule has 0 aliphatic carbocycles. The topological polar surface area (TPSA) is 50.4 Å². The van der Waals surface area contributed by atoms with E-state index < -0.39 is 0 Å². The summed E-state index contributed by atoms with van der Waals surface area (Å²) >= 11 is 5.26. The van der Waals surface area contributed by atoms with Crippen LogP contribution in [0.3, 0.4) is 0 Å². The van der Waals surface area contributed by atoms with Crippen molar-refractivity contribution >= 4 is 34.7 Å². The lowest BCUT2D eigenvalue weighted by atomic mass is 10.2. The van der Waals surface area contributed by atoms with Crippen molar-refractivity contribution in [2.24, 2.45) is 5.92 Å². The first-order chi connectivity index (χ1) is 11.0. The Labute approximate surface area is 141 Å². The van der Waals surface area contributed by atoms with E-state index in [1.807, 2.05) is 44.2 Å². The summed E-state index contributed by atoms with van der Waals surface area (Å²) in [7, 11) is 0. The number of carbonyl (C=O) groups is 1. The number of hydrogen-bond acceptors (Lipinski definition) is 3. The van der Waals surface area contributed by atoms with Crippen molar-refractivity contribution in [1.29, 1.82) is 0 Å². The highest BCUT2D eigenvalue weighted by atomic mass is 32.1. The Morgan fingerprint density at radius 2 is 1.57 bits per heavy atom. The molecule has 120 valence electrons. The van der Waals surface area contributed by atoms with Crippen molar-refractivity contribution in [3.8, 4) is 0 Å². The van der Waals surface area contributed by atoms with E-state index in [-0.39, 0.29) is 5.97 Å². The number of ether oxygens (including phenoxy) is 1. The first-order valence-electron chi connectivity index (χ1n) is 7.45. The zero-order valence-electron chi connectivity index (χ0n) is 13.2. The normalized spacial score (nSPS) is 10.2. The zero-order chi connectivity index (χ0) is 16.7. The van der Waals surface area contributed by atoms with Gasteiger partial charge in [-0.05, 0) is 54.5 Å². The summed E-state index contributed by atoms with van der Waals surface area (Å²) in [5.41, 5.74) is 2.25. The summed E-state index contributed by atoms with van der Waals surface area (Å²) in [6.45, 7) is 4.42. The van der Waals surface area contributed by atoms with Crippen molar-refractivity contribution in [3.63, 3.8) is 0 Å². The fourth-order valence-corrected chi connectivity index (χ4v) is 2.07. The molecule has 4 nitrogen and oxygen atoms in total. The van der Waals surface area contributed by atoms with Gasteiger partial charge in [0.25, 0.3) is 0 Å². The summed E-state index contributed by atoms with van der Waals surface area (Å²) in [5.74, 6) is 0.0107. The lowest BCUT2D eigenvalue weighted by Gasteiger charge is -2.11. The minimum atomic E-state index is -0.310. The lowest BCUT2D eigenvalue weighted by molar-refractivity contribution is 0.0459. The van der Waals surface area contributed by atoms with Crippen LogP contribution in [-0.4, -0.2) is 17.7 Å². The second-order valence-corrected chi connectivity index (χ2v) is 5.92. The molecular weight excluding hydrogens is 308 g/mol. The molecule has 2 N–H and O–H groups in total. The van der Waals surface area contributed by atoms with Gasteiger partial charge in [-0.2, -0.15) is 0 Å². The van der Waals surface area contributed by atoms with E-state index >= 15 is 0 Å². The van der Waals surface area contributed by atoms with Gasteiger partial charge >= 0.3 is 5.97 Å². The Balaban J connectivity index is 1.89. The third kappa shape index (κ3) is 5.71. The second kappa shape index (κ2) is 8.29. The Morgan fingerprint density at radius 1 is 1.00 bits per heavy atom. The summed E-state index contributed by atoms with van der Waals surface area (Å²) in [6, 6.07) is 16.7. The molecule has 0 unspecified atom stereocenters. The Bertz CT molecular complexity index is 654. The number of nitrogens with one attached hydrogen (secondary N) is 2. The zero-order valence-corrected chi connectivity index (χ0v) is 14.0. The molecule has 0 spiro atoms. The minimum Gasteiger partial charge on any atom is -0.462 e. The summed E-state index contributed by atoms with van der Waals surface area (Å²) in [4.78, 5) is 11.8. The van der Waals surface area contributed by atoms with Crippen LogP contribution in [0.4, 0.5) is 11.4 Å². The van der Waals surface area contributed by atoms with Gasteiger partial charge in [0, 0.05) is 11.4 Å². The lowest BCUT2D eigenvalue weighted by Crippen LogP contribution is -2.19. The first kappa shape index (κ1) is 17.0. The maximum Gasteiger partial charge on any atom is 0.338 e. The van der Waals surface area contributed by atoms with Crippen LogP contribution in [0.15, 0.2) is 54.6 Å². The average Bonchev–Trinajstić information content (AvgIpc) is 2.54. The summed E-state index contributed by atoms with van der Waals surface area (Å²) < 4.78 is 5.19. The summed E-state index contributed by atoms with van der Waals surface area (Å²) in [5, 5.41) is 6.66. The minimum absolute atomic E-state index is 0.310. The molecule has 0 bridgehead atoms. The quantitative estimate of drug-likeness (QED) is 0.633. The Kier molecular flexibility index (Phi) is 6.11. The van der Waals surface area contributed by atoms with E-state index in [4.69, 9.17) is 17.0 Å². The standard InChI is InChI=1S/C18H20N2O2S/c1-13(2)12-22-17(21)14-8-10-16(11-9-14)20-18(23)19-15-6-4-3-5-7-15/h3-11,13H,12H2,1-2H3,(H2,19,20,23).